The van der Waals surface area contributed by atoms with Gasteiger partial charge in [-0.15, -0.1) is 0 Å². The Morgan fingerprint density at radius 3 is 2.93 bits per heavy atom. The molecule has 1 aromatic carbocycles. The Bertz CT molecular complexity index is 810. The van der Waals surface area contributed by atoms with E-state index in [0.717, 1.165) is 35.8 Å². The van der Waals surface area contributed by atoms with E-state index in [2.05, 4.69) is 17.6 Å². The van der Waals surface area contributed by atoms with Crippen molar-refractivity contribution < 1.29 is 9.84 Å². The third-order valence-corrected chi connectivity index (χ3v) is 5.21. The topological polar surface area (TPSA) is 93.8 Å². The van der Waals surface area contributed by atoms with Gasteiger partial charge in [0, 0.05) is 13.6 Å². The molecule has 2 aliphatic heterocycles. The molecule has 9 heteroatoms. The molecule has 29 heavy (non-hydrogen) atoms. The van der Waals surface area contributed by atoms with Crippen molar-refractivity contribution in [3.63, 3.8) is 0 Å². The number of hydrogen-bond donors (Lipinski definition) is 3. The number of aliphatic hydroxyl groups is 1. The summed E-state index contributed by atoms with van der Waals surface area (Å²) in [5.41, 5.74) is 2.08. The first-order chi connectivity index (χ1) is 14.1. The van der Waals surface area contributed by atoms with Gasteiger partial charge in [0.2, 0.25) is 0 Å². The smallest absolute Gasteiger partial charge is 0.137 e. The van der Waals surface area contributed by atoms with Crippen molar-refractivity contribution in [1.82, 2.24) is 15.6 Å². The largest absolute Gasteiger partial charge is 0.495 e. The summed E-state index contributed by atoms with van der Waals surface area (Å²) in [5.74, 6) is 2.30. The minimum Gasteiger partial charge on any atom is -0.495 e. The highest BCUT2D eigenvalue weighted by atomic mass is 35.5. The summed E-state index contributed by atoms with van der Waals surface area (Å²) in [6.45, 7) is 3.78. The molecule has 3 rings (SSSR count). The van der Waals surface area contributed by atoms with Crippen LogP contribution in [0.5, 0.6) is 5.75 Å². The molecule has 2 unspecified atom stereocenters. The Labute approximate surface area is 176 Å². The first-order valence-corrected chi connectivity index (χ1v) is 10.3. The normalized spacial score (nSPS) is 22.2. The zero-order chi connectivity index (χ0) is 20.8. The molecule has 0 bridgehead atoms. The average molecular weight is 421 g/mol. The fraction of sp³-hybridized carbons (Fsp3) is 0.550. The van der Waals surface area contributed by atoms with E-state index in [0.29, 0.717) is 30.4 Å². The number of rotatable bonds is 9. The van der Waals surface area contributed by atoms with E-state index < -0.39 is 0 Å². The van der Waals surface area contributed by atoms with E-state index in [1.165, 1.54) is 0 Å². The van der Waals surface area contributed by atoms with Gasteiger partial charge in [0.15, 0.2) is 0 Å². The molecule has 158 valence electrons. The molecule has 3 N–H and O–H groups in total. The number of hydrogen-bond acceptors (Lipinski definition) is 7. The molecule has 2 heterocycles. The standard InChI is InChI=1S/C20H29ClN6O2/c1-4-5-15-18-19(27(2)26-15)20(25-17(24-18)12-22-8-9-28)23-11-13-6-7-16(29-3)14(21)10-13/h6-7,10,18-19,22,28H,4-5,8-9,11-12H2,1-3H3,(H,23,24,25). The van der Waals surface area contributed by atoms with Crippen molar-refractivity contribution in [2.24, 2.45) is 15.1 Å². The molecule has 0 aromatic heterocycles. The van der Waals surface area contributed by atoms with Gasteiger partial charge in [-0.25, -0.2) is 0 Å². The molecular formula is C20H29ClN6O2. The van der Waals surface area contributed by atoms with Gasteiger partial charge in [0.05, 0.1) is 37.5 Å². The van der Waals surface area contributed by atoms with E-state index in [4.69, 9.17) is 36.5 Å². The van der Waals surface area contributed by atoms with Gasteiger partial charge in [0.25, 0.3) is 0 Å². The van der Waals surface area contributed by atoms with Gasteiger partial charge < -0.3 is 20.5 Å². The number of nitrogens with zero attached hydrogens (tertiary/aromatic N) is 4. The second-order valence-corrected chi connectivity index (χ2v) is 7.48. The van der Waals surface area contributed by atoms with Gasteiger partial charge >= 0.3 is 0 Å². The van der Waals surface area contributed by atoms with Crippen LogP contribution in [0.2, 0.25) is 5.02 Å². The van der Waals surface area contributed by atoms with Crippen molar-refractivity contribution in [2.75, 3.05) is 33.9 Å². The lowest BCUT2D eigenvalue weighted by atomic mass is 9.99. The third-order valence-electron chi connectivity index (χ3n) is 4.91. The number of fused-ring (bicyclic) bond motifs is 1. The van der Waals surface area contributed by atoms with E-state index in [-0.39, 0.29) is 18.7 Å². The Kier molecular flexibility index (Phi) is 7.46. The molecule has 0 spiro atoms. The van der Waals surface area contributed by atoms with Crippen LogP contribution in [-0.4, -0.2) is 73.4 Å². The summed E-state index contributed by atoms with van der Waals surface area (Å²) in [6, 6.07) is 5.62. The van der Waals surface area contributed by atoms with Crippen LogP contribution in [0.1, 0.15) is 25.3 Å². The number of halogens is 1. The number of benzene rings is 1. The molecule has 0 radical (unpaired) electrons. The number of hydrazone groups is 1. The number of nitrogens with one attached hydrogen (secondary N) is 2. The van der Waals surface area contributed by atoms with E-state index in [9.17, 15) is 0 Å². The second-order valence-electron chi connectivity index (χ2n) is 7.08. The fourth-order valence-corrected chi connectivity index (χ4v) is 3.83. The fourth-order valence-electron chi connectivity index (χ4n) is 3.55. The van der Waals surface area contributed by atoms with Crippen LogP contribution in [0.4, 0.5) is 0 Å². The SMILES string of the molecule is CCCC1=NN(C)C2C(=NCc3ccc(OC)c(Cl)c3)NC(CNCCO)=NC12. The minimum atomic E-state index is -0.0367. The van der Waals surface area contributed by atoms with Crippen molar-refractivity contribution in [2.45, 2.75) is 38.4 Å². The highest BCUT2D eigenvalue weighted by Crippen LogP contribution is 2.26. The maximum absolute atomic E-state index is 9.02. The molecular weight excluding hydrogens is 392 g/mol. The van der Waals surface area contributed by atoms with Crippen LogP contribution in [0.15, 0.2) is 33.3 Å². The predicted octanol–water partition coefficient (Wildman–Crippen LogP) is 1.67. The highest BCUT2D eigenvalue weighted by Gasteiger charge is 2.41. The van der Waals surface area contributed by atoms with Crippen LogP contribution in [0.3, 0.4) is 0 Å². The van der Waals surface area contributed by atoms with Crippen molar-refractivity contribution in [1.29, 1.82) is 0 Å². The van der Waals surface area contributed by atoms with Crippen molar-refractivity contribution in [3.05, 3.63) is 28.8 Å². The molecule has 0 saturated carbocycles. The molecule has 8 nitrogen and oxygen atoms in total. The summed E-state index contributed by atoms with van der Waals surface area (Å²) in [7, 11) is 3.56. The quantitative estimate of drug-likeness (QED) is 0.528. The number of aliphatic imine (C=N–C) groups is 2. The lowest BCUT2D eigenvalue weighted by Gasteiger charge is -2.31. The second kappa shape index (κ2) is 10.0. The summed E-state index contributed by atoms with van der Waals surface area (Å²) >= 11 is 6.25. The molecule has 0 saturated heterocycles. The Balaban J connectivity index is 1.82. The predicted molar refractivity (Wildman–Crippen MR) is 117 cm³/mol. The van der Waals surface area contributed by atoms with Crippen LogP contribution in [0, 0.1) is 0 Å². The number of ether oxygens (including phenoxy) is 1. The van der Waals surface area contributed by atoms with Gasteiger partial charge in [-0.3, -0.25) is 15.0 Å². The maximum atomic E-state index is 9.02. The lowest BCUT2D eigenvalue weighted by molar-refractivity contribution is 0.295. The number of amidine groups is 2. The zero-order valence-corrected chi connectivity index (χ0v) is 17.9. The molecule has 0 fully saturated rings. The molecule has 1 aromatic rings. The highest BCUT2D eigenvalue weighted by molar-refractivity contribution is 6.32. The van der Waals surface area contributed by atoms with E-state index >= 15 is 0 Å². The first kappa shape index (κ1) is 21.5. The lowest BCUT2D eigenvalue weighted by Crippen LogP contribution is -2.56. The van der Waals surface area contributed by atoms with E-state index in [1.54, 1.807) is 7.11 Å². The van der Waals surface area contributed by atoms with Gasteiger partial charge in [-0.05, 0) is 24.1 Å². The number of aliphatic hydroxyl groups excluding tert-OH is 1. The van der Waals surface area contributed by atoms with Crippen LogP contribution in [0.25, 0.3) is 0 Å². The summed E-state index contributed by atoms with van der Waals surface area (Å²) in [4.78, 5) is 9.73. The summed E-state index contributed by atoms with van der Waals surface area (Å²) in [5, 5.41) is 22.8. The Morgan fingerprint density at radius 1 is 1.41 bits per heavy atom. The third kappa shape index (κ3) is 5.07. The first-order valence-electron chi connectivity index (χ1n) is 9.89. The summed E-state index contributed by atoms with van der Waals surface area (Å²) in [6.07, 6.45) is 1.93. The number of likely N-dealkylation sites (N-methyl/N-ethyl adjacent to an activating group) is 1. The Morgan fingerprint density at radius 2 is 2.24 bits per heavy atom. The molecule has 2 atom stereocenters. The van der Waals surface area contributed by atoms with E-state index in [1.807, 2.05) is 30.3 Å². The summed E-state index contributed by atoms with van der Waals surface area (Å²) < 4.78 is 5.22. The van der Waals surface area contributed by atoms with Gasteiger partial charge in [-0.2, -0.15) is 5.10 Å². The monoisotopic (exact) mass is 420 g/mol. The van der Waals surface area contributed by atoms with Gasteiger partial charge in [0.1, 0.15) is 29.5 Å². The van der Waals surface area contributed by atoms with Crippen molar-refractivity contribution >= 4 is 29.0 Å². The van der Waals surface area contributed by atoms with Gasteiger partial charge in [-0.1, -0.05) is 31.0 Å². The van der Waals surface area contributed by atoms with Crippen molar-refractivity contribution in [3.8, 4) is 5.75 Å². The molecule has 0 aliphatic carbocycles. The molecule has 2 aliphatic rings. The molecule has 0 amide bonds. The van der Waals surface area contributed by atoms with Crippen LogP contribution >= 0.6 is 11.6 Å². The maximum Gasteiger partial charge on any atom is 0.137 e. The van der Waals surface area contributed by atoms with Crippen LogP contribution in [-0.2, 0) is 6.54 Å². The zero-order valence-electron chi connectivity index (χ0n) is 17.2. The Hall–Kier alpha value is -2.16. The minimum absolute atomic E-state index is 0.0353. The van der Waals surface area contributed by atoms with Crippen LogP contribution < -0.4 is 15.4 Å². The average Bonchev–Trinajstić information content (AvgIpc) is 3.02. The number of methoxy groups -OCH3 is 1.